The summed E-state index contributed by atoms with van der Waals surface area (Å²) in [6.45, 7) is 2.07. The van der Waals surface area contributed by atoms with Gasteiger partial charge in [-0.3, -0.25) is 9.89 Å². The van der Waals surface area contributed by atoms with Crippen LogP contribution in [0.15, 0.2) is 42.6 Å². The molecule has 2 aliphatic rings. The van der Waals surface area contributed by atoms with Crippen LogP contribution in [0, 0.1) is 6.92 Å². The predicted octanol–water partition coefficient (Wildman–Crippen LogP) is 3.25. The van der Waals surface area contributed by atoms with E-state index in [4.69, 9.17) is 0 Å². The van der Waals surface area contributed by atoms with Crippen molar-refractivity contribution in [3.63, 3.8) is 0 Å². The number of aromatic nitrogens is 2. The van der Waals surface area contributed by atoms with Gasteiger partial charge >= 0.3 is 0 Å². The Morgan fingerprint density at radius 3 is 3.05 bits per heavy atom. The van der Waals surface area contributed by atoms with Gasteiger partial charge in [0.15, 0.2) is 0 Å². The normalized spacial score (nSPS) is 25.5. The molecule has 22 heavy (non-hydrogen) atoms. The Bertz CT molecular complexity index is 942. The van der Waals surface area contributed by atoms with E-state index in [9.17, 15) is 4.79 Å². The number of aromatic amines is 1. The molecular formula is C18H15N3O. The molecule has 1 saturated carbocycles. The van der Waals surface area contributed by atoms with Crippen molar-refractivity contribution in [2.45, 2.75) is 24.7 Å². The number of aryl methyl sites for hydroxylation is 1. The highest BCUT2D eigenvalue weighted by Gasteiger charge is 2.65. The second kappa shape index (κ2) is 3.77. The van der Waals surface area contributed by atoms with Gasteiger partial charge in [0.25, 0.3) is 0 Å². The van der Waals surface area contributed by atoms with Gasteiger partial charge in [-0.15, -0.1) is 0 Å². The smallest absolute Gasteiger partial charge is 0.235 e. The second-order valence-electron chi connectivity index (χ2n) is 6.45. The third-order valence-corrected chi connectivity index (χ3v) is 5.14. The number of rotatable bonds is 1. The summed E-state index contributed by atoms with van der Waals surface area (Å²) in [5, 5.41) is 11.2. The average Bonchev–Trinajstić information content (AvgIpc) is 2.99. The molecule has 1 spiro atoms. The first-order valence-corrected chi connectivity index (χ1v) is 7.54. The summed E-state index contributed by atoms with van der Waals surface area (Å²) in [6.07, 6.45) is 2.71. The van der Waals surface area contributed by atoms with Crippen molar-refractivity contribution in [2.24, 2.45) is 0 Å². The topological polar surface area (TPSA) is 57.8 Å². The summed E-state index contributed by atoms with van der Waals surface area (Å²) in [4.78, 5) is 12.6. The van der Waals surface area contributed by atoms with Crippen molar-refractivity contribution in [3.05, 3.63) is 59.3 Å². The SMILES string of the molecule is Cc1ccc2c(c1)[C@]1(C[C@H]1c1ccc3cn[nH]c3c1)C(=O)N2. The van der Waals surface area contributed by atoms with E-state index in [1.807, 2.05) is 18.3 Å². The Labute approximate surface area is 127 Å². The van der Waals surface area contributed by atoms with E-state index >= 15 is 0 Å². The maximum Gasteiger partial charge on any atom is 0.235 e. The highest BCUT2D eigenvalue weighted by molar-refractivity contribution is 6.10. The Kier molecular flexibility index (Phi) is 2.05. The van der Waals surface area contributed by atoms with Crippen molar-refractivity contribution in [3.8, 4) is 0 Å². The summed E-state index contributed by atoms with van der Waals surface area (Å²) in [5.41, 5.74) is 5.20. The zero-order valence-corrected chi connectivity index (χ0v) is 12.2. The summed E-state index contributed by atoms with van der Waals surface area (Å²) in [6, 6.07) is 12.5. The van der Waals surface area contributed by atoms with E-state index in [1.165, 1.54) is 11.1 Å². The quantitative estimate of drug-likeness (QED) is 0.722. The molecule has 2 N–H and O–H groups in total. The number of H-pyrrole nitrogens is 1. The minimum atomic E-state index is -0.366. The van der Waals surface area contributed by atoms with Gasteiger partial charge in [0.2, 0.25) is 5.91 Å². The van der Waals surface area contributed by atoms with Crippen LogP contribution in [0.5, 0.6) is 0 Å². The largest absolute Gasteiger partial charge is 0.325 e. The highest BCUT2D eigenvalue weighted by Crippen LogP contribution is 2.65. The van der Waals surface area contributed by atoms with Crippen LogP contribution in [0.25, 0.3) is 10.9 Å². The van der Waals surface area contributed by atoms with Gasteiger partial charge in [0.05, 0.1) is 17.1 Å². The number of carbonyl (C=O) groups is 1. The highest BCUT2D eigenvalue weighted by atomic mass is 16.2. The standard InChI is InChI=1S/C18H15N3O/c1-10-2-5-15-13(6-10)18(17(22)20-15)8-14(18)11-3-4-12-9-19-21-16(12)7-11/h2-7,9,14H,8H2,1H3,(H,19,21)(H,20,22)/t14-,18-/m0/s1. The minimum absolute atomic E-state index is 0.141. The molecule has 1 fully saturated rings. The van der Waals surface area contributed by atoms with Crippen LogP contribution in [-0.4, -0.2) is 16.1 Å². The molecule has 3 aromatic rings. The molecule has 108 valence electrons. The maximum atomic E-state index is 12.6. The molecule has 0 unspecified atom stereocenters. The van der Waals surface area contributed by atoms with Crippen molar-refractivity contribution in [1.29, 1.82) is 0 Å². The van der Waals surface area contributed by atoms with Gasteiger partial charge in [-0.05, 0) is 36.6 Å². The Morgan fingerprint density at radius 2 is 2.14 bits per heavy atom. The zero-order chi connectivity index (χ0) is 14.9. The maximum absolute atomic E-state index is 12.6. The van der Waals surface area contributed by atoms with Crippen LogP contribution < -0.4 is 5.32 Å². The number of nitrogens with zero attached hydrogens (tertiary/aromatic N) is 1. The Hall–Kier alpha value is -2.62. The number of nitrogens with one attached hydrogen (secondary N) is 2. The van der Waals surface area contributed by atoms with Crippen LogP contribution in [0.3, 0.4) is 0 Å². The third kappa shape index (κ3) is 1.37. The average molecular weight is 289 g/mol. The minimum Gasteiger partial charge on any atom is -0.325 e. The molecule has 2 aromatic carbocycles. The van der Waals surface area contributed by atoms with Crippen LogP contribution in [-0.2, 0) is 10.2 Å². The number of amides is 1. The molecule has 2 atom stereocenters. The summed E-state index contributed by atoms with van der Waals surface area (Å²) < 4.78 is 0. The lowest BCUT2D eigenvalue weighted by atomic mass is 9.91. The summed E-state index contributed by atoms with van der Waals surface area (Å²) >= 11 is 0. The molecule has 5 rings (SSSR count). The van der Waals surface area contributed by atoms with Gasteiger partial charge in [0, 0.05) is 17.0 Å². The monoisotopic (exact) mass is 289 g/mol. The molecule has 4 nitrogen and oxygen atoms in total. The fourth-order valence-corrected chi connectivity index (χ4v) is 3.88. The van der Waals surface area contributed by atoms with Gasteiger partial charge in [-0.1, -0.05) is 29.8 Å². The van der Waals surface area contributed by atoms with E-state index in [2.05, 4.69) is 46.7 Å². The fourth-order valence-electron chi connectivity index (χ4n) is 3.88. The van der Waals surface area contributed by atoms with Gasteiger partial charge in [0.1, 0.15) is 0 Å². The molecule has 1 amide bonds. The van der Waals surface area contributed by atoms with Crippen molar-refractivity contribution in [2.75, 3.05) is 5.32 Å². The van der Waals surface area contributed by atoms with E-state index in [0.717, 1.165) is 28.6 Å². The second-order valence-corrected chi connectivity index (χ2v) is 6.45. The number of hydrogen-bond donors (Lipinski definition) is 2. The van der Waals surface area contributed by atoms with Gasteiger partial charge < -0.3 is 5.32 Å². The molecule has 4 heteroatoms. The fraction of sp³-hybridized carbons (Fsp3) is 0.222. The van der Waals surface area contributed by atoms with Gasteiger partial charge in [-0.2, -0.15) is 5.10 Å². The number of carbonyl (C=O) groups excluding carboxylic acids is 1. The Morgan fingerprint density at radius 1 is 1.23 bits per heavy atom. The number of fused-ring (bicyclic) bond motifs is 3. The number of benzene rings is 2. The van der Waals surface area contributed by atoms with E-state index in [1.54, 1.807) is 0 Å². The molecule has 0 saturated heterocycles. The summed E-state index contributed by atoms with van der Waals surface area (Å²) in [5.74, 6) is 0.394. The van der Waals surface area contributed by atoms with E-state index < -0.39 is 0 Å². The first-order chi connectivity index (χ1) is 10.7. The Balaban J connectivity index is 1.63. The molecule has 0 radical (unpaired) electrons. The van der Waals surface area contributed by atoms with E-state index in [0.29, 0.717) is 0 Å². The molecule has 1 aliphatic carbocycles. The lowest BCUT2D eigenvalue weighted by Gasteiger charge is -2.09. The third-order valence-electron chi connectivity index (χ3n) is 5.14. The van der Waals surface area contributed by atoms with Crippen LogP contribution in [0.4, 0.5) is 5.69 Å². The molecule has 1 aliphatic heterocycles. The predicted molar refractivity (Wildman–Crippen MR) is 84.9 cm³/mol. The van der Waals surface area contributed by atoms with Crippen LogP contribution >= 0.6 is 0 Å². The lowest BCUT2D eigenvalue weighted by Crippen LogP contribution is -2.21. The zero-order valence-electron chi connectivity index (χ0n) is 12.2. The van der Waals surface area contributed by atoms with Crippen molar-refractivity contribution < 1.29 is 4.79 Å². The van der Waals surface area contributed by atoms with Crippen LogP contribution in [0.2, 0.25) is 0 Å². The van der Waals surface area contributed by atoms with Crippen LogP contribution in [0.1, 0.15) is 29.0 Å². The van der Waals surface area contributed by atoms with Gasteiger partial charge in [-0.25, -0.2) is 0 Å². The molecule has 1 aromatic heterocycles. The first kappa shape index (κ1) is 12.0. The summed E-state index contributed by atoms with van der Waals surface area (Å²) in [7, 11) is 0. The number of hydrogen-bond acceptors (Lipinski definition) is 2. The van der Waals surface area contributed by atoms with Crippen molar-refractivity contribution >= 4 is 22.5 Å². The molecule has 2 heterocycles. The number of anilines is 1. The first-order valence-electron chi connectivity index (χ1n) is 7.54. The lowest BCUT2D eigenvalue weighted by molar-refractivity contribution is -0.118. The van der Waals surface area contributed by atoms with Crippen molar-refractivity contribution in [1.82, 2.24) is 10.2 Å². The van der Waals surface area contributed by atoms with E-state index in [-0.39, 0.29) is 17.2 Å². The molecular weight excluding hydrogens is 274 g/mol. The molecule has 0 bridgehead atoms.